The van der Waals surface area contributed by atoms with E-state index in [1.165, 1.54) is 33.4 Å². The van der Waals surface area contributed by atoms with E-state index in [1.807, 2.05) is 0 Å². The fraction of sp³-hybridized carbons (Fsp3) is 0.0882. The van der Waals surface area contributed by atoms with Crippen molar-refractivity contribution in [3.8, 4) is 55.9 Å². The first kappa shape index (κ1) is 57.4. The van der Waals surface area contributed by atoms with Gasteiger partial charge in [0.1, 0.15) is 0 Å². The summed E-state index contributed by atoms with van der Waals surface area (Å²) in [5, 5.41) is 1.04. The van der Waals surface area contributed by atoms with Gasteiger partial charge in [-0.05, 0) is 187 Å². The van der Waals surface area contributed by atoms with Gasteiger partial charge in [0.05, 0.1) is 55.4 Å². The van der Waals surface area contributed by atoms with Crippen molar-refractivity contribution >= 4 is 65.2 Å². The first-order valence-corrected chi connectivity index (χ1v) is 26.5. The average Bonchev–Trinajstić information content (AvgIpc) is 1.30. The molecule has 0 aliphatic rings. The molecule has 88 heavy (non-hydrogen) atoms. The summed E-state index contributed by atoms with van der Waals surface area (Å²) in [6.45, 7) is 0. The lowest BCUT2D eigenvalue weighted by Crippen LogP contribution is -2.04. The van der Waals surface area contributed by atoms with Gasteiger partial charge in [-0.2, -0.15) is 79.0 Å². The molecular formula is C68H34F18N2. The van der Waals surface area contributed by atoms with Crippen LogP contribution in [0, 0.1) is 0 Å². The number of nitrogens with zero attached hydrogens (tertiary/aromatic N) is 2. The highest BCUT2D eigenvalue weighted by Gasteiger charge is 2.37. The van der Waals surface area contributed by atoms with Gasteiger partial charge in [0.15, 0.2) is 0 Å². The SMILES string of the molecule is FC(F)(F)c1ccc(-c2ccc(-c3c4ccc(-n5c6ccc(C(F)(F)F)cc6c6cc(C(F)(F)F)ccc65)cc4c(-c4ccc(-c5ccc(C(F)(F)F)cc5)cc4)c4ccc(-n5c6ccc(C(F)(F)F)cc6c6cc(C(F)(F)F)ccc65)cc34)cc2)cc1. The number of fused-ring (bicyclic) bond motifs is 8. The molecule has 0 amide bonds. The zero-order valence-electron chi connectivity index (χ0n) is 44.3. The zero-order chi connectivity index (χ0) is 62.4. The lowest BCUT2D eigenvalue weighted by Gasteiger charge is -2.21. The van der Waals surface area contributed by atoms with E-state index in [4.69, 9.17) is 0 Å². The molecule has 0 aliphatic heterocycles. The smallest absolute Gasteiger partial charge is 0.309 e. The van der Waals surface area contributed by atoms with E-state index in [1.54, 1.807) is 84.9 Å². The Balaban J connectivity index is 1.12. The number of rotatable bonds is 6. The van der Waals surface area contributed by atoms with E-state index in [-0.39, 0.29) is 55.0 Å². The second kappa shape index (κ2) is 19.9. The second-order valence-electron chi connectivity index (χ2n) is 21.1. The van der Waals surface area contributed by atoms with E-state index in [0.29, 0.717) is 66.1 Å². The van der Waals surface area contributed by atoms with Crippen molar-refractivity contribution in [2.24, 2.45) is 0 Å². The summed E-state index contributed by atoms with van der Waals surface area (Å²) in [5.74, 6) is 0. The largest absolute Gasteiger partial charge is 0.416 e. The monoisotopic (exact) mass is 1220 g/mol. The Morgan fingerprint density at radius 2 is 0.398 bits per heavy atom. The molecule has 2 heterocycles. The Bertz CT molecular complexity index is 4480. The zero-order valence-corrected chi connectivity index (χ0v) is 44.3. The van der Waals surface area contributed by atoms with Crippen LogP contribution in [0.3, 0.4) is 0 Å². The molecule has 2 aromatic heterocycles. The molecule has 0 bridgehead atoms. The van der Waals surface area contributed by atoms with Crippen molar-refractivity contribution in [1.29, 1.82) is 0 Å². The van der Waals surface area contributed by atoms with Crippen molar-refractivity contribution in [3.05, 3.63) is 240 Å². The van der Waals surface area contributed by atoms with Crippen molar-refractivity contribution in [2.45, 2.75) is 37.1 Å². The Morgan fingerprint density at radius 3 is 0.636 bits per heavy atom. The van der Waals surface area contributed by atoms with Crippen molar-refractivity contribution in [3.63, 3.8) is 0 Å². The summed E-state index contributed by atoms with van der Waals surface area (Å²) in [4.78, 5) is 0. The number of alkyl halides is 18. The van der Waals surface area contributed by atoms with Gasteiger partial charge < -0.3 is 9.13 Å². The maximum absolute atomic E-state index is 14.4. The predicted octanol–water partition coefficient (Wildman–Crippen LogP) is 23.0. The maximum atomic E-state index is 14.4. The van der Waals surface area contributed by atoms with E-state index >= 15 is 0 Å². The fourth-order valence-corrected chi connectivity index (χ4v) is 11.8. The summed E-state index contributed by atoms with van der Waals surface area (Å²) in [5.41, 5.74) is -1.89. The third-order valence-electron chi connectivity index (χ3n) is 15.9. The topological polar surface area (TPSA) is 9.86 Å². The Hall–Kier alpha value is -9.72. The van der Waals surface area contributed by atoms with Crippen LogP contribution in [-0.4, -0.2) is 9.13 Å². The summed E-state index contributed by atoms with van der Waals surface area (Å²) in [6, 6.07) is 42.8. The van der Waals surface area contributed by atoms with Gasteiger partial charge in [-0.15, -0.1) is 0 Å². The third-order valence-corrected chi connectivity index (χ3v) is 15.9. The second-order valence-corrected chi connectivity index (χ2v) is 21.1. The molecule has 0 radical (unpaired) electrons. The number of hydrogen-bond donors (Lipinski definition) is 0. The van der Waals surface area contributed by atoms with Crippen LogP contribution in [0.25, 0.3) is 121 Å². The van der Waals surface area contributed by atoms with Gasteiger partial charge in [-0.1, -0.05) is 84.9 Å². The highest BCUT2D eigenvalue weighted by atomic mass is 19.4. The van der Waals surface area contributed by atoms with E-state index in [2.05, 4.69) is 0 Å². The molecule has 0 saturated carbocycles. The quantitative estimate of drug-likeness (QED) is 0.116. The van der Waals surface area contributed by atoms with Crippen LogP contribution < -0.4 is 0 Å². The molecule has 0 N–H and O–H groups in total. The molecule has 13 rings (SSSR count). The van der Waals surface area contributed by atoms with Crippen LogP contribution in [0.15, 0.2) is 206 Å². The third kappa shape index (κ3) is 9.96. The van der Waals surface area contributed by atoms with Gasteiger partial charge >= 0.3 is 37.1 Å². The van der Waals surface area contributed by atoms with Crippen molar-refractivity contribution < 1.29 is 79.0 Å². The molecule has 0 spiro atoms. The average molecular weight is 1220 g/mol. The first-order chi connectivity index (χ1) is 41.4. The molecule has 13 aromatic rings. The van der Waals surface area contributed by atoms with Crippen LogP contribution >= 0.6 is 0 Å². The molecule has 11 aromatic carbocycles. The summed E-state index contributed by atoms with van der Waals surface area (Å²) >= 11 is 0. The molecule has 2 nitrogen and oxygen atoms in total. The van der Waals surface area contributed by atoms with Gasteiger partial charge in [0, 0.05) is 32.9 Å². The van der Waals surface area contributed by atoms with Gasteiger partial charge in [-0.3, -0.25) is 0 Å². The number of halogens is 18. The van der Waals surface area contributed by atoms with Crippen LogP contribution in [0.1, 0.15) is 33.4 Å². The first-order valence-electron chi connectivity index (χ1n) is 26.5. The number of aromatic nitrogens is 2. The Kier molecular flexibility index (Phi) is 13.0. The van der Waals surface area contributed by atoms with Crippen LogP contribution in [0.2, 0.25) is 0 Å². The summed E-state index contributed by atoms with van der Waals surface area (Å²) in [6.07, 6.45) is -28.8. The van der Waals surface area contributed by atoms with Gasteiger partial charge in [0.2, 0.25) is 0 Å². The molecule has 442 valence electrons. The lowest BCUT2D eigenvalue weighted by atomic mass is 9.85. The fourth-order valence-electron chi connectivity index (χ4n) is 11.8. The maximum Gasteiger partial charge on any atom is 0.416 e. The van der Waals surface area contributed by atoms with E-state index in [0.717, 1.165) is 97.1 Å². The lowest BCUT2D eigenvalue weighted by molar-refractivity contribution is -0.138. The van der Waals surface area contributed by atoms with E-state index < -0.39 is 70.4 Å². The molecular weight excluding hydrogens is 1190 g/mol. The highest BCUT2D eigenvalue weighted by Crippen LogP contribution is 2.49. The normalized spacial score (nSPS) is 13.1. The Labute approximate surface area is 484 Å². The molecule has 0 saturated heterocycles. The predicted molar refractivity (Wildman–Crippen MR) is 302 cm³/mol. The van der Waals surface area contributed by atoms with Crippen LogP contribution in [0.5, 0.6) is 0 Å². The summed E-state index contributed by atoms with van der Waals surface area (Å²) < 4.78 is 257. The summed E-state index contributed by atoms with van der Waals surface area (Å²) in [7, 11) is 0. The minimum absolute atomic E-state index is 0.0875. The van der Waals surface area contributed by atoms with Crippen molar-refractivity contribution in [1.82, 2.24) is 9.13 Å². The molecule has 0 unspecified atom stereocenters. The minimum Gasteiger partial charge on any atom is -0.309 e. The minimum atomic E-state index is -4.90. The molecule has 0 aliphatic carbocycles. The van der Waals surface area contributed by atoms with Gasteiger partial charge in [0.25, 0.3) is 0 Å². The number of benzene rings is 11. The highest BCUT2D eigenvalue weighted by molar-refractivity contribution is 6.23. The van der Waals surface area contributed by atoms with Gasteiger partial charge in [-0.25, -0.2) is 0 Å². The van der Waals surface area contributed by atoms with Crippen molar-refractivity contribution in [2.75, 3.05) is 0 Å². The number of hydrogen-bond acceptors (Lipinski definition) is 0. The standard InChI is InChI=1S/C68H34F18N2/c69-63(70,71)41-13-9-37(10-14-41)35-1-5-39(6-2-35)61-49-23-21-48(88-59-27-19-45(67(81,82)83)31-53(59)54-32-46(68(84,85)86)20-28-60(54)88)34-56(49)62(40-7-3-36(4-8-40)38-11-15-42(16-12-38)64(72,73)74)50-24-22-47(33-55(50)61)87-57-25-17-43(65(75,76)77)29-51(57)52-30-44(66(78,79)80)18-26-58(52)87/h1-34H. The van der Waals surface area contributed by atoms with E-state index in [9.17, 15) is 79.0 Å². The van der Waals surface area contributed by atoms with Crippen LogP contribution in [0.4, 0.5) is 79.0 Å². The molecule has 0 atom stereocenters. The molecule has 0 fully saturated rings. The molecule has 20 heteroatoms. The van der Waals surface area contributed by atoms with Crippen LogP contribution in [-0.2, 0) is 37.1 Å². The Morgan fingerprint density at radius 1 is 0.182 bits per heavy atom.